The first-order valence-electron chi connectivity index (χ1n) is 14.0. The van der Waals surface area contributed by atoms with Crippen LogP contribution >= 0.6 is 0 Å². The first kappa shape index (κ1) is 25.0. The van der Waals surface area contributed by atoms with Crippen LogP contribution in [0.25, 0.3) is 0 Å². The quantitative estimate of drug-likeness (QED) is 0.294. The van der Waals surface area contributed by atoms with Gasteiger partial charge in [0.1, 0.15) is 0 Å². The highest BCUT2D eigenvalue weighted by Gasteiger charge is 2.80. The molecule has 0 amide bonds. The number of ketones is 1. The number of carbonyl (C=O) groups is 2. The summed E-state index contributed by atoms with van der Waals surface area (Å²) in [5.41, 5.74) is 1.85. The van der Waals surface area contributed by atoms with Gasteiger partial charge in [-0.3, -0.25) is 9.59 Å². The number of esters is 1. The molecule has 192 valence electrons. The van der Waals surface area contributed by atoms with Crippen LogP contribution in [0, 0.1) is 50.7 Å². The molecule has 0 radical (unpaired) electrons. The molecule has 0 saturated heterocycles. The number of fused-ring (bicyclic) bond motifs is 2. The molecule has 0 N–H and O–H groups in total. The van der Waals surface area contributed by atoms with Crippen molar-refractivity contribution in [2.24, 2.45) is 50.7 Å². The summed E-state index contributed by atoms with van der Waals surface area (Å²) < 4.78 is 5.64. The van der Waals surface area contributed by atoms with E-state index in [1.54, 1.807) is 0 Å². The zero-order chi connectivity index (χ0) is 25.4. The van der Waals surface area contributed by atoms with Gasteiger partial charge in [-0.2, -0.15) is 0 Å². The van der Waals surface area contributed by atoms with Gasteiger partial charge in [-0.15, -0.1) is 0 Å². The maximum atomic E-state index is 12.8. The fourth-order valence-electron chi connectivity index (χ4n) is 9.92. The van der Waals surface area contributed by atoms with Crippen molar-refractivity contribution in [3.8, 4) is 0 Å². The minimum atomic E-state index is -0.253. The lowest BCUT2D eigenvalue weighted by molar-refractivity contribution is -0.143. The van der Waals surface area contributed by atoms with Gasteiger partial charge in [0.15, 0.2) is 5.78 Å². The van der Waals surface area contributed by atoms with Crippen molar-refractivity contribution in [1.82, 2.24) is 0 Å². The van der Waals surface area contributed by atoms with E-state index < -0.39 is 0 Å². The highest BCUT2D eigenvalue weighted by atomic mass is 16.5. The second-order valence-electron chi connectivity index (χ2n) is 14.0. The SMILES string of the molecule is CC(=O)OC[C@H](CCC=C(C)C)[C@H]1CC[C@@]2(C)[C@@H]3CC[C@H]4C(C)(C)C(=O)C=C[C@@]45C[C@@]35C=C[C@]12C. The van der Waals surface area contributed by atoms with E-state index in [-0.39, 0.29) is 33.0 Å². The van der Waals surface area contributed by atoms with Crippen molar-refractivity contribution in [3.63, 3.8) is 0 Å². The third kappa shape index (κ3) is 3.28. The molecule has 0 aromatic rings. The van der Waals surface area contributed by atoms with Crippen LogP contribution in [0.15, 0.2) is 36.0 Å². The van der Waals surface area contributed by atoms with E-state index in [9.17, 15) is 9.59 Å². The summed E-state index contributed by atoms with van der Waals surface area (Å²) in [5, 5.41) is 0. The molecule has 8 atom stereocenters. The van der Waals surface area contributed by atoms with Gasteiger partial charge in [0.2, 0.25) is 0 Å². The van der Waals surface area contributed by atoms with E-state index in [0.29, 0.717) is 36.1 Å². The van der Waals surface area contributed by atoms with E-state index in [1.165, 1.54) is 38.2 Å². The van der Waals surface area contributed by atoms with Crippen LogP contribution in [0.3, 0.4) is 0 Å². The molecule has 0 aromatic carbocycles. The number of hydrogen-bond donors (Lipinski definition) is 0. The van der Waals surface area contributed by atoms with E-state index in [2.05, 4.69) is 65.8 Å². The summed E-state index contributed by atoms with van der Waals surface area (Å²) in [6.45, 7) is 15.9. The molecule has 35 heavy (non-hydrogen) atoms. The largest absolute Gasteiger partial charge is 0.466 e. The summed E-state index contributed by atoms with van der Waals surface area (Å²) in [5.74, 6) is 2.18. The first-order valence-corrected chi connectivity index (χ1v) is 14.0. The highest BCUT2D eigenvalue weighted by molar-refractivity contribution is 5.96. The topological polar surface area (TPSA) is 43.4 Å². The first-order chi connectivity index (χ1) is 16.3. The van der Waals surface area contributed by atoms with Gasteiger partial charge in [-0.1, -0.05) is 57.6 Å². The third-order valence-corrected chi connectivity index (χ3v) is 12.0. The summed E-state index contributed by atoms with van der Waals surface area (Å²) in [4.78, 5) is 24.5. The Hall–Kier alpha value is -1.64. The molecule has 0 heterocycles. The number of allylic oxidation sites excluding steroid dienone is 6. The van der Waals surface area contributed by atoms with Crippen LogP contribution in [0.5, 0.6) is 0 Å². The summed E-state index contributed by atoms with van der Waals surface area (Å²) in [7, 11) is 0. The third-order valence-electron chi connectivity index (χ3n) is 12.0. The second kappa shape index (κ2) is 7.93. The molecule has 5 rings (SSSR count). The molecule has 0 aliphatic heterocycles. The highest BCUT2D eigenvalue weighted by Crippen LogP contribution is 2.86. The maximum absolute atomic E-state index is 12.8. The van der Waals surface area contributed by atoms with E-state index in [0.717, 1.165) is 19.3 Å². The molecule has 3 nitrogen and oxygen atoms in total. The summed E-state index contributed by atoms with van der Waals surface area (Å²) >= 11 is 0. The zero-order valence-corrected chi connectivity index (χ0v) is 23.1. The second-order valence-corrected chi connectivity index (χ2v) is 14.0. The van der Waals surface area contributed by atoms with Crippen LogP contribution in [-0.4, -0.2) is 18.4 Å². The molecule has 5 aliphatic carbocycles. The average Bonchev–Trinajstić information content (AvgIpc) is 3.36. The molecular formula is C32H46O3. The number of rotatable bonds is 6. The van der Waals surface area contributed by atoms with Crippen molar-refractivity contribution < 1.29 is 14.3 Å². The van der Waals surface area contributed by atoms with Crippen molar-refractivity contribution >= 4 is 11.8 Å². The van der Waals surface area contributed by atoms with Gasteiger partial charge in [0.05, 0.1) is 6.61 Å². The van der Waals surface area contributed by atoms with Crippen molar-refractivity contribution in [2.45, 2.75) is 93.4 Å². The Bertz CT molecular complexity index is 1010. The lowest BCUT2D eigenvalue weighted by atomic mass is 9.45. The van der Waals surface area contributed by atoms with Crippen molar-refractivity contribution in [3.05, 3.63) is 36.0 Å². The molecule has 2 spiro atoms. The Balaban J connectivity index is 1.48. The molecule has 0 aromatic heterocycles. The molecule has 3 heteroatoms. The van der Waals surface area contributed by atoms with Gasteiger partial charge < -0.3 is 4.74 Å². The molecule has 0 bridgehead atoms. The minimum absolute atomic E-state index is 0.110. The Labute approximate surface area is 212 Å². The molecule has 5 aliphatic rings. The summed E-state index contributed by atoms with van der Waals surface area (Å²) in [6, 6.07) is 0. The van der Waals surface area contributed by atoms with Gasteiger partial charge in [-0.25, -0.2) is 0 Å². The molecular weight excluding hydrogens is 432 g/mol. The van der Waals surface area contributed by atoms with Crippen LogP contribution in [0.4, 0.5) is 0 Å². The van der Waals surface area contributed by atoms with E-state index in [4.69, 9.17) is 4.74 Å². The van der Waals surface area contributed by atoms with Crippen LogP contribution in [0.2, 0.25) is 0 Å². The average molecular weight is 479 g/mol. The van der Waals surface area contributed by atoms with Gasteiger partial charge >= 0.3 is 5.97 Å². The van der Waals surface area contributed by atoms with Gasteiger partial charge in [0, 0.05) is 23.2 Å². The molecule has 0 unspecified atom stereocenters. The molecule has 3 fully saturated rings. The number of ether oxygens (including phenoxy) is 1. The number of carbonyl (C=O) groups excluding carboxylic acids is 2. The number of hydrogen-bond acceptors (Lipinski definition) is 3. The Morgan fingerprint density at radius 1 is 1.03 bits per heavy atom. The maximum Gasteiger partial charge on any atom is 0.302 e. The standard InChI is InChI=1S/C32H46O3/c1-21(2)9-8-10-23(19-35-22(3)33)24-13-15-30(7)26-12-11-25-28(4,5)27(34)14-16-31(25)20-32(26,31)18-17-29(24,30)6/h9,14,16-18,23-26H,8,10-13,15,19-20H2,1-7H3/t23-,24+,25-,26-,29+,30-,31+,32-/m0/s1. The monoisotopic (exact) mass is 478 g/mol. The predicted molar refractivity (Wildman–Crippen MR) is 140 cm³/mol. The minimum Gasteiger partial charge on any atom is -0.466 e. The van der Waals surface area contributed by atoms with E-state index in [1.807, 2.05) is 6.08 Å². The van der Waals surface area contributed by atoms with Gasteiger partial charge in [0.25, 0.3) is 0 Å². The zero-order valence-electron chi connectivity index (χ0n) is 23.1. The fourth-order valence-corrected chi connectivity index (χ4v) is 9.92. The van der Waals surface area contributed by atoms with Crippen LogP contribution in [-0.2, 0) is 14.3 Å². The normalized spacial score (nSPS) is 45.0. The lowest BCUT2D eigenvalue weighted by Gasteiger charge is -2.59. The lowest BCUT2D eigenvalue weighted by Crippen LogP contribution is -2.54. The Morgan fingerprint density at radius 3 is 2.40 bits per heavy atom. The summed E-state index contributed by atoms with van der Waals surface area (Å²) in [6.07, 6.45) is 20.0. The van der Waals surface area contributed by atoms with E-state index >= 15 is 0 Å². The van der Waals surface area contributed by atoms with Crippen LogP contribution in [0.1, 0.15) is 93.4 Å². The smallest absolute Gasteiger partial charge is 0.302 e. The van der Waals surface area contributed by atoms with Crippen molar-refractivity contribution in [2.75, 3.05) is 6.61 Å². The fraction of sp³-hybridized carbons (Fsp3) is 0.750. The van der Waals surface area contributed by atoms with Crippen molar-refractivity contribution in [1.29, 1.82) is 0 Å². The predicted octanol–water partition coefficient (Wildman–Crippen LogP) is 7.47. The van der Waals surface area contributed by atoms with Gasteiger partial charge in [-0.05, 0) is 99.4 Å². The Kier molecular flexibility index (Phi) is 5.67. The van der Waals surface area contributed by atoms with Crippen LogP contribution < -0.4 is 0 Å². The Morgan fingerprint density at radius 2 is 1.71 bits per heavy atom. The molecule has 3 saturated carbocycles.